The Hall–Kier alpha value is -1.02. The lowest BCUT2D eigenvalue weighted by Gasteiger charge is -2.22. The molecule has 3 unspecified atom stereocenters. The summed E-state index contributed by atoms with van der Waals surface area (Å²) in [5.41, 5.74) is 1.35. The summed E-state index contributed by atoms with van der Waals surface area (Å²) in [6.07, 6.45) is 8.21. The molecular weight excluding hydrogens is 246 g/mol. The molecule has 112 valence electrons. The number of rotatable bonds is 5. The van der Waals surface area contributed by atoms with E-state index in [1.54, 1.807) is 7.11 Å². The summed E-state index contributed by atoms with van der Waals surface area (Å²) in [6.45, 7) is 4.60. The molecule has 0 saturated heterocycles. The third-order valence-electron chi connectivity index (χ3n) is 4.77. The van der Waals surface area contributed by atoms with E-state index in [0.717, 1.165) is 11.7 Å². The van der Waals surface area contributed by atoms with Gasteiger partial charge in [0.15, 0.2) is 0 Å². The largest absolute Gasteiger partial charge is 0.497 e. The number of methoxy groups -OCH3 is 1. The molecule has 1 aliphatic carbocycles. The zero-order valence-corrected chi connectivity index (χ0v) is 13.2. The molecule has 1 saturated carbocycles. The molecule has 0 spiro atoms. The minimum atomic E-state index is 0.420. The van der Waals surface area contributed by atoms with Gasteiger partial charge in [-0.1, -0.05) is 38.3 Å². The highest BCUT2D eigenvalue weighted by molar-refractivity contribution is 5.28. The molecule has 0 aromatic heterocycles. The van der Waals surface area contributed by atoms with E-state index in [0.29, 0.717) is 12.1 Å². The number of hydrogen-bond acceptors (Lipinski definition) is 2. The van der Waals surface area contributed by atoms with Gasteiger partial charge in [-0.25, -0.2) is 0 Å². The molecule has 1 fully saturated rings. The number of ether oxygens (including phenoxy) is 1. The Morgan fingerprint density at radius 1 is 1.15 bits per heavy atom. The van der Waals surface area contributed by atoms with E-state index in [2.05, 4.69) is 31.3 Å². The Morgan fingerprint density at radius 2 is 1.90 bits per heavy atom. The number of nitrogens with one attached hydrogen (secondary N) is 1. The smallest absolute Gasteiger partial charge is 0.118 e. The Morgan fingerprint density at radius 3 is 2.55 bits per heavy atom. The maximum absolute atomic E-state index is 5.22. The van der Waals surface area contributed by atoms with Gasteiger partial charge in [0.2, 0.25) is 0 Å². The van der Waals surface area contributed by atoms with Crippen LogP contribution in [0, 0.1) is 5.92 Å². The second kappa shape index (κ2) is 7.68. The van der Waals surface area contributed by atoms with Crippen molar-refractivity contribution >= 4 is 0 Å². The van der Waals surface area contributed by atoms with Gasteiger partial charge in [-0.3, -0.25) is 0 Å². The van der Waals surface area contributed by atoms with Crippen LogP contribution in [0.1, 0.15) is 64.0 Å². The first kappa shape index (κ1) is 15.4. The standard InChI is InChI=1S/C18H29NO/c1-4-15-6-5-7-17(11-8-15)19-14(2)16-9-12-18(20-3)13-10-16/h9-10,12-15,17,19H,4-8,11H2,1-3H3. The molecule has 0 heterocycles. The first-order valence-electron chi connectivity index (χ1n) is 8.13. The van der Waals surface area contributed by atoms with Gasteiger partial charge in [0.05, 0.1) is 7.11 Å². The summed E-state index contributed by atoms with van der Waals surface area (Å²) >= 11 is 0. The first-order chi connectivity index (χ1) is 9.72. The summed E-state index contributed by atoms with van der Waals surface area (Å²) in [4.78, 5) is 0. The quantitative estimate of drug-likeness (QED) is 0.786. The van der Waals surface area contributed by atoms with Crippen LogP contribution in [-0.4, -0.2) is 13.2 Å². The molecular formula is C18H29NO. The maximum Gasteiger partial charge on any atom is 0.118 e. The minimum absolute atomic E-state index is 0.420. The summed E-state index contributed by atoms with van der Waals surface area (Å²) in [7, 11) is 1.71. The van der Waals surface area contributed by atoms with Crippen molar-refractivity contribution in [3.05, 3.63) is 29.8 Å². The van der Waals surface area contributed by atoms with E-state index in [9.17, 15) is 0 Å². The fourth-order valence-corrected chi connectivity index (χ4v) is 3.30. The summed E-state index contributed by atoms with van der Waals surface area (Å²) < 4.78 is 5.22. The van der Waals surface area contributed by atoms with Crippen molar-refractivity contribution in [2.24, 2.45) is 5.92 Å². The monoisotopic (exact) mass is 275 g/mol. The maximum atomic E-state index is 5.22. The average molecular weight is 275 g/mol. The van der Waals surface area contributed by atoms with Crippen molar-refractivity contribution in [2.75, 3.05) is 7.11 Å². The van der Waals surface area contributed by atoms with Crippen LogP contribution in [0.15, 0.2) is 24.3 Å². The number of benzene rings is 1. The van der Waals surface area contributed by atoms with Crippen LogP contribution >= 0.6 is 0 Å². The fourth-order valence-electron chi connectivity index (χ4n) is 3.30. The molecule has 0 aliphatic heterocycles. The predicted octanol–water partition coefficient (Wildman–Crippen LogP) is 4.70. The van der Waals surface area contributed by atoms with Crippen LogP contribution < -0.4 is 10.1 Å². The third kappa shape index (κ3) is 4.24. The van der Waals surface area contributed by atoms with Crippen molar-refractivity contribution in [2.45, 2.75) is 64.5 Å². The Balaban J connectivity index is 1.88. The predicted molar refractivity (Wildman–Crippen MR) is 85.2 cm³/mol. The zero-order chi connectivity index (χ0) is 14.4. The number of hydrogen-bond donors (Lipinski definition) is 1. The normalized spacial score (nSPS) is 24.9. The second-order valence-corrected chi connectivity index (χ2v) is 6.14. The van der Waals surface area contributed by atoms with Gasteiger partial charge in [-0.2, -0.15) is 0 Å². The Bertz CT molecular complexity index is 387. The SMILES string of the molecule is CCC1CCCC(NC(C)c2ccc(OC)cc2)CC1. The molecule has 2 rings (SSSR count). The highest BCUT2D eigenvalue weighted by Gasteiger charge is 2.19. The molecule has 0 bridgehead atoms. The van der Waals surface area contributed by atoms with Crippen LogP contribution in [0.4, 0.5) is 0 Å². The van der Waals surface area contributed by atoms with Crippen LogP contribution in [0.3, 0.4) is 0 Å². The van der Waals surface area contributed by atoms with Crippen molar-refractivity contribution in [3.8, 4) is 5.75 Å². The van der Waals surface area contributed by atoms with Gasteiger partial charge in [-0.15, -0.1) is 0 Å². The first-order valence-corrected chi connectivity index (χ1v) is 8.13. The average Bonchev–Trinajstić information content (AvgIpc) is 2.72. The molecule has 0 amide bonds. The molecule has 1 aliphatic rings. The molecule has 1 aromatic rings. The van der Waals surface area contributed by atoms with Crippen LogP contribution in [-0.2, 0) is 0 Å². The molecule has 1 aromatic carbocycles. The Kier molecular flexibility index (Phi) is 5.90. The van der Waals surface area contributed by atoms with Gasteiger partial charge < -0.3 is 10.1 Å². The van der Waals surface area contributed by atoms with Gasteiger partial charge in [-0.05, 0) is 49.8 Å². The van der Waals surface area contributed by atoms with E-state index in [1.165, 1.54) is 44.1 Å². The summed E-state index contributed by atoms with van der Waals surface area (Å²) in [5, 5.41) is 3.82. The molecule has 2 heteroatoms. The second-order valence-electron chi connectivity index (χ2n) is 6.14. The van der Waals surface area contributed by atoms with Crippen LogP contribution in [0.2, 0.25) is 0 Å². The Labute approximate surface area is 123 Å². The van der Waals surface area contributed by atoms with Crippen molar-refractivity contribution in [1.29, 1.82) is 0 Å². The lowest BCUT2D eigenvalue weighted by molar-refractivity contribution is 0.398. The van der Waals surface area contributed by atoms with E-state index in [1.807, 2.05) is 12.1 Å². The highest BCUT2D eigenvalue weighted by Crippen LogP contribution is 2.27. The molecule has 0 radical (unpaired) electrons. The van der Waals surface area contributed by atoms with E-state index in [-0.39, 0.29) is 0 Å². The topological polar surface area (TPSA) is 21.3 Å². The lowest BCUT2D eigenvalue weighted by atomic mass is 9.97. The molecule has 2 nitrogen and oxygen atoms in total. The minimum Gasteiger partial charge on any atom is -0.497 e. The summed E-state index contributed by atoms with van der Waals surface area (Å²) in [6, 6.07) is 9.54. The zero-order valence-electron chi connectivity index (χ0n) is 13.2. The van der Waals surface area contributed by atoms with Gasteiger partial charge in [0.1, 0.15) is 5.75 Å². The molecule has 20 heavy (non-hydrogen) atoms. The van der Waals surface area contributed by atoms with Gasteiger partial charge in [0.25, 0.3) is 0 Å². The van der Waals surface area contributed by atoms with Crippen LogP contribution in [0.5, 0.6) is 5.75 Å². The molecule has 1 N–H and O–H groups in total. The third-order valence-corrected chi connectivity index (χ3v) is 4.77. The van der Waals surface area contributed by atoms with Gasteiger partial charge in [0, 0.05) is 12.1 Å². The van der Waals surface area contributed by atoms with Crippen molar-refractivity contribution in [1.82, 2.24) is 5.32 Å². The van der Waals surface area contributed by atoms with Crippen LogP contribution in [0.25, 0.3) is 0 Å². The van der Waals surface area contributed by atoms with Gasteiger partial charge >= 0.3 is 0 Å². The van der Waals surface area contributed by atoms with E-state index >= 15 is 0 Å². The highest BCUT2D eigenvalue weighted by atomic mass is 16.5. The van der Waals surface area contributed by atoms with Crippen molar-refractivity contribution < 1.29 is 4.74 Å². The van der Waals surface area contributed by atoms with Crippen molar-refractivity contribution in [3.63, 3.8) is 0 Å². The van der Waals surface area contributed by atoms with E-state index in [4.69, 9.17) is 4.74 Å². The summed E-state index contributed by atoms with van der Waals surface area (Å²) in [5.74, 6) is 1.89. The lowest BCUT2D eigenvalue weighted by Crippen LogP contribution is -2.31. The van der Waals surface area contributed by atoms with E-state index < -0.39 is 0 Å². The fraction of sp³-hybridized carbons (Fsp3) is 0.667. The molecule has 3 atom stereocenters.